The lowest BCUT2D eigenvalue weighted by atomic mass is 10.2. The van der Waals surface area contributed by atoms with Gasteiger partial charge in [-0.25, -0.2) is 9.07 Å². The summed E-state index contributed by atoms with van der Waals surface area (Å²) in [6.45, 7) is 0.0664. The van der Waals surface area contributed by atoms with Crippen LogP contribution >= 0.6 is 22.9 Å². The molecule has 11 heteroatoms. The molecule has 0 atom stereocenters. The van der Waals surface area contributed by atoms with Crippen LogP contribution in [-0.4, -0.2) is 32.8 Å². The molecular formula is C16H11ClF4N4OS. The van der Waals surface area contributed by atoms with Gasteiger partial charge in [0, 0.05) is 11.9 Å². The molecule has 142 valence electrons. The maximum atomic E-state index is 13.6. The number of hydrogen-bond donors (Lipinski definition) is 0. The number of thiophene rings is 1. The zero-order valence-corrected chi connectivity index (χ0v) is 15.2. The van der Waals surface area contributed by atoms with E-state index in [0.29, 0.717) is 13.9 Å². The molecule has 0 bridgehead atoms. The second kappa shape index (κ2) is 7.28. The number of nitrogens with zero attached hydrogens (tertiary/aromatic N) is 4. The molecule has 0 spiro atoms. The molecule has 0 aliphatic heterocycles. The SMILES string of the molecule is CN(Cc1ccc(Cl)s1)C(=O)c1nnn(-c2ccc(F)cc2)c1C(F)(F)F. The molecule has 0 radical (unpaired) electrons. The Labute approximate surface area is 159 Å². The highest BCUT2D eigenvalue weighted by Crippen LogP contribution is 2.33. The average molecular weight is 419 g/mol. The zero-order chi connectivity index (χ0) is 19.8. The van der Waals surface area contributed by atoms with Crippen molar-refractivity contribution in [3.05, 3.63) is 62.8 Å². The minimum Gasteiger partial charge on any atom is -0.335 e. The first kappa shape index (κ1) is 19.3. The molecule has 2 heterocycles. The summed E-state index contributed by atoms with van der Waals surface area (Å²) < 4.78 is 54.8. The molecule has 0 aliphatic rings. The number of amides is 1. The van der Waals surface area contributed by atoms with Gasteiger partial charge in [-0.1, -0.05) is 16.8 Å². The Morgan fingerprint density at radius 3 is 2.44 bits per heavy atom. The molecule has 5 nitrogen and oxygen atoms in total. The number of carbonyl (C=O) groups is 1. The molecule has 0 fully saturated rings. The van der Waals surface area contributed by atoms with Crippen molar-refractivity contribution in [2.75, 3.05) is 7.05 Å². The van der Waals surface area contributed by atoms with Crippen LogP contribution in [0.15, 0.2) is 36.4 Å². The first-order valence-electron chi connectivity index (χ1n) is 7.45. The van der Waals surface area contributed by atoms with Gasteiger partial charge in [0.2, 0.25) is 0 Å². The zero-order valence-electron chi connectivity index (χ0n) is 13.7. The van der Waals surface area contributed by atoms with Crippen molar-refractivity contribution >= 4 is 28.8 Å². The monoisotopic (exact) mass is 418 g/mol. The molecule has 0 saturated carbocycles. The van der Waals surface area contributed by atoms with Gasteiger partial charge in [0.25, 0.3) is 5.91 Å². The first-order chi connectivity index (χ1) is 12.7. The van der Waals surface area contributed by atoms with Gasteiger partial charge in [0.05, 0.1) is 16.6 Å². The van der Waals surface area contributed by atoms with Crippen molar-refractivity contribution in [2.45, 2.75) is 12.7 Å². The molecule has 3 aromatic rings. The van der Waals surface area contributed by atoms with Crippen molar-refractivity contribution in [3.8, 4) is 5.69 Å². The highest BCUT2D eigenvalue weighted by atomic mass is 35.5. The van der Waals surface area contributed by atoms with Gasteiger partial charge in [0.15, 0.2) is 11.4 Å². The molecule has 27 heavy (non-hydrogen) atoms. The van der Waals surface area contributed by atoms with Crippen LogP contribution in [0.5, 0.6) is 0 Å². The van der Waals surface area contributed by atoms with Gasteiger partial charge < -0.3 is 4.90 Å². The first-order valence-corrected chi connectivity index (χ1v) is 8.65. The average Bonchev–Trinajstić information content (AvgIpc) is 3.21. The lowest BCUT2D eigenvalue weighted by molar-refractivity contribution is -0.143. The van der Waals surface area contributed by atoms with E-state index in [1.807, 2.05) is 0 Å². The van der Waals surface area contributed by atoms with Gasteiger partial charge >= 0.3 is 6.18 Å². The van der Waals surface area contributed by atoms with Crippen molar-refractivity contribution < 1.29 is 22.4 Å². The summed E-state index contributed by atoms with van der Waals surface area (Å²) in [5.41, 5.74) is -2.23. The number of aromatic nitrogens is 3. The van der Waals surface area contributed by atoms with E-state index in [1.165, 1.54) is 18.4 Å². The minimum atomic E-state index is -4.89. The van der Waals surface area contributed by atoms with Crippen molar-refractivity contribution in [1.29, 1.82) is 0 Å². The summed E-state index contributed by atoms with van der Waals surface area (Å²) in [7, 11) is 1.35. The second-order valence-electron chi connectivity index (χ2n) is 5.54. The Morgan fingerprint density at radius 1 is 1.22 bits per heavy atom. The molecule has 1 aromatic carbocycles. The van der Waals surface area contributed by atoms with E-state index in [1.54, 1.807) is 12.1 Å². The number of hydrogen-bond acceptors (Lipinski definition) is 4. The highest BCUT2D eigenvalue weighted by Gasteiger charge is 2.42. The van der Waals surface area contributed by atoms with E-state index in [9.17, 15) is 22.4 Å². The van der Waals surface area contributed by atoms with Crippen LogP contribution in [0, 0.1) is 5.82 Å². The largest absolute Gasteiger partial charge is 0.435 e. The smallest absolute Gasteiger partial charge is 0.335 e. The Balaban J connectivity index is 1.97. The Kier molecular flexibility index (Phi) is 5.20. The quantitative estimate of drug-likeness (QED) is 0.590. The number of rotatable bonds is 4. The summed E-state index contributed by atoms with van der Waals surface area (Å²) in [5.74, 6) is -1.56. The Hall–Kier alpha value is -2.46. The fourth-order valence-electron chi connectivity index (χ4n) is 2.37. The molecule has 0 N–H and O–H groups in total. The maximum Gasteiger partial charge on any atom is 0.435 e. The standard InChI is InChI=1S/C16H11ClF4N4OS/c1-24(8-11-6-7-12(17)27-11)15(26)13-14(16(19,20)21)25(23-22-13)10-4-2-9(18)3-5-10/h2-7H,8H2,1H3. The molecule has 0 saturated heterocycles. The Bertz CT molecular complexity index is 968. The lowest BCUT2D eigenvalue weighted by Crippen LogP contribution is -2.29. The summed E-state index contributed by atoms with van der Waals surface area (Å²) >= 11 is 7.04. The fourth-order valence-corrected chi connectivity index (χ4v) is 3.51. The third-order valence-electron chi connectivity index (χ3n) is 3.58. The van der Waals surface area contributed by atoms with Crippen LogP contribution in [0.3, 0.4) is 0 Å². The number of benzene rings is 1. The van der Waals surface area contributed by atoms with Crippen LogP contribution < -0.4 is 0 Å². The van der Waals surface area contributed by atoms with Gasteiger partial charge in [-0.05, 0) is 36.4 Å². The van der Waals surface area contributed by atoms with Gasteiger partial charge in [0.1, 0.15) is 5.82 Å². The predicted octanol–water partition coefficient (Wildman–Crippen LogP) is 4.41. The third kappa shape index (κ3) is 4.11. The van der Waals surface area contributed by atoms with E-state index in [-0.39, 0.29) is 12.2 Å². The minimum absolute atomic E-state index is 0.0664. The normalized spacial score (nSPS) is 11.6. The predicted molar refractivity (Wildman–Crippen MR) is 91.4 cm³/mol. The van der Waals surface area contributed by atoms with Gasteiger partial charge in [-0.3, -0.25) is 4.79 Å². The van der Waals surface area contributed by atoms with E-state index >= 15 is 0 Å². The summed E-state index contributed by atoms with van der Waals surface area (Å²) in [4.78, 5) is 14.3. The van der Waals surface area contributed by atoms with E-state index in [2.05, 4.69) is 10.3 Å². The van der Waals surface area contributed by atoms with Crippen LogP contribution in [0.2, 0.25) is 4.34 Å². The molecule has 0 aliphatic carbocycles. The second-order valence-corrected chi connectivity index (χ2v) is 7.34. The summed E-state index contributed by atoms with van der Waals surface area (Å²) in [6, 6.07) is 7.52. The van der Waals surface area contributed by atoms with Crippen LogP contribution in [0.1, 0.15) is 21.1 Å². The van der Waals surface area contributed by atoms with E-state index in [0.717, 1.165) is 29.2 Å². The third-order valence-corrected chi connectivity index (χ3v) is 4.80. The van der Waals surface area contributed by atoms with Crippen molar-refractivity contribution in [1.82, 2.24) is 19.9 Å². The van der Waals surface area contributed by atoms with E-state index < -0.39 is 29.3 Å². The number of alkyl halides is 3. The van der Waals surface area contributed by atoms with E-state index in [4.69, 9.17) is 11.6 Å². The summed E-state index contributed by atoms with van der Waals surface area (Å²) in [6.07, 6.45) is -4.89. The molecule has 2 aromatic heterocycles. The molecular weight excluding hydrogens is 408 g/mol. The Morgan fingerprint density at radius 2 is 1.89 bits per heavy atom. The van der Waals surface area contributed by atoms with Crippen LogP contribution in [0.4, 0.5) is 17.6 Å². The summed E-state index contributed by atoms with van der Waals surface area (Å²) in [5, 5.41) is 6.89. The fraction of sp³-hybridized carbons (Fsp3) is 0.188. The molecule has 1 amide bonds. The molecule has 3 rings (SSSR count). The maximum absolute atomic E-state index is 13.6. The van der Waals surface area contributed by atoms with Gasteiger partial charge in [-0.15, -0.1) is 16.4 Å². The van der Waals surface area contributed by atoms with Gasteiger partial charge in [-0.2, -0.15) is 13.2 Å². The van der Waals surface area contributed by atoms with Crippen molar-refractivity contribution in [3.63, 3.8) is 0 Å². The van der Waals surface area contributed by atoms with Crippen LogP contribution in [-0.2, 0) is 12.7 Å². The lowest BCUT2D eigenvalue weighted by Gasteiger charge is -2.16. The van der Waals surface area contributed by atoms with Crippen molar-refractivity contribution in [2.24, 2.45) is 0 Å². The topological polar surface area (TPSA) is 51.0 Å². The number of halogens is 5. The molecule has 0 unspecified atom stereocenters. The highest BCUT2D eigenvalue weighted by molar-refractivity contribution is 7.16. The number of carbonyl (C=O) groups excluding carboxylic acids is 1. The van der Waals surface area contributed by atoms with Crippen LogP contribution in [0.25, 0.3) is 5.69 Å².